The molecule has 3 heterocycles. The Balaban J connectivity index is 1.56. The number of hydrogen-bond donors (Lipinski definition) is 1. The first-order valence-corrected chi connectivity index (χ1v) is 11.9. The molecule has 2 aromatic rings. The Hall–Kier alpha value is -1.38. The van der Waals surface area contributed by atoms with Crippen LogP contribution in [0, 0.1) is 0 Å². The van der Waals surface area contributed by atoms with E-state index in [0.29, 0.717) is 18.2 Å². The van der Waals surface area contributed by atoms with Crippen molar-refractivity contribution >= 4 is 39.2 Å². The minimum atomic E-state index is -0.319. The number of aryl methyl sites for hydroxylation is 2. The van der Waals surface area contributed by atoms with Gasteiger partial charge in [0.05, 0.1) is 16.7 Å². The molecule has 1 amide bonds. The quantitative estimate of drug-likeness (QED) is 0.549. The van der Waals surface area contributed by atoms with Gasteiger partial charge in [-0.05, 0) is 51.0 Å². The Morgan fingerprint density at radius 3 is 3.04 bits per heavy atom. The summed E-state index contributed by atoms with van der Waals surface area (Å²) in [5.41, 5.74) is 1.27. The molecule has 28 heavy (non-hydrogen) atoms. The normalized spacial score (nSPS) is 19.9. The molecule has 8 heteroatoms. The number of carbonyl (C=O) groups is 1. The third-order valence-corrected chi connectivity index (χ3v) is 7.69. The van der Waals surface area contributed by atoms with E-state index in [1.165, 1.54) is 22.2 Å². The molecular weight excluding hydrogens is 394 g/mol. The Morgan fingerprint density at radius 2 is 2.29 bits per heavy atom. The van der Waals surface area contributed by atoms with Crippen LogP contribution in [0.25, 0.3) is 10.2 Å². The largest absolute Gasteiger partial charge is 0.376 e. The highest BCUT2D eigenvalue weighted by Gasteiger charge is 2.25. The number of carbonyl (C=O) groups excluding carboxylic acids is 1. The van der Waals surface area contributed by atoms with E-state index in [0.717, 1.165) is 55.3 Å². The summed E-state index contributed by atoms with van der Waals surface area (Å²) in [6.07, 6.45) is 6.19. The first-order chi connectivity index (χ1) is 13.6. The van der Waals surface area contributed by atoms with Crippen molar-refractivity contribution in [3.8, 4) is 0 Å². The van der Waals surface area contributed by atoms with E-state index >= 15 is 0 Å². The van der Waals surface area contributed by atoms with E-state index < -0.39 is 0 Å². The molecular formula is C20H27N3O3S2. The summed E-state index contributed by atoms with van der Waals surface area (Å²) in [6.45, 7) is 5.88. The van der Waals surface area contributed by atoms with E-state index in [2.05, 4.69) is 12.2 Å². The maximum Gasteiger partial charge on any atom is 0.263 e. The summed E-state index contributed by atoms with van der Waals surface area (Å²) in [4.78, 5) is 32.7. The lowest BCUT2D eigenvalue weighted by atomic mass is 10.2. The van der Waals surface area contributed by atoms with Crippen LogP contribution in [0.2, 0.25) is 0 Å². The van der Waals surface area contributed by atoms with Gasteiger partial charge in [0.1, 0.15) is 4.83 Å². The summed E-state index contributed by atoms with van der Waals surface area (Å²) >= 11 is 3.03. The van der Waals surface area contributed by atoms with Gasteiger partial charge in [-0.25, -0.2) is 4.98 Å². The van der Waals surface area contributed by atoms with Gasteiger partial charge < -0.3 is 10.1 Å². The van der Waals surface area contributed by atoms with Gasteiger partial charge in [0.15, 0.2) is 5.16 Å². The summed E-state index contributed by atoms with van der Waals surface area (Å²) in [6, 6.07) is 0. The second kappa shape index (κ2) is 8.55. The molecule has 0 bridgehead atoms. The Labute approximate surface area is 173 Å². The first kappa shape index (κ1) is 19.9. The predicted molar refractivity (Wildman–Crippen MR) is 113 cm³/mol. The Kier molecular flexibility index (Phi) is 6.08. The summed E-state index contributed by atoms with van der Waals surface area (Å²) < 4.78 is 7.33. The van der Waals surface area contributed by atoms with Crippen molar-refractivity contribution in [1.29, 1.82) is 0 Å². The van der Waals surface area contributed by atoms with Gasteiger partial charge in [0.2, 0.25) is 5.91 Å². The lowest BCUT2D eigenvalue weighted by Gasteiger charge is -2.16. The van der Waals surface area contributed by atoms with Gasteiger partial charge in [-0.1, -0.05) is 18.7 Å². The van der Waals surface area contributed by atoms with Crippen LogP contribution < -0.4 is 10.9 Å². The standard InChI is InChI=1S/C20H27N3O3S2/c1-3-9-23-19(25)16-14-7-4-8-15(14)28-18(16)22-20(23)27-12(2)17(24)21-11-13-6-5-10-26-13/h12-13H,3-11H2,1-2H3,(H,21,24)/t12-,13-/m0/s1. The highest BCUT2D eigenvalue weighted by Crippen LogP contribution is 2.36. The number of fused-ring (bicyclic) bond motifs is 3. The van der Waals surface area contributed by atoms with Crippen LogP contribution >= 0.6 is 23.1 Å². The maximum atomic E-state index is 13.2. The lowest BCUT2D eigenvalue weighted by Crippen LogP contribution is -2.37. The topological polar surface area (TPSA) is 73.2 Å². The van der Waals surface area contributed by atoms with Crippen LogP contribution in [-0.4, -0.2) is 40.0 Å². The number of thioether (sulfide) groups is 1. The first-order valence-electron chi connectivity index (χ1n) is 10.2. The number of rotatable bonds is 7. The zero-order valence-corrected chi connectivity index (χ0v) is 18.1. The van der Waals surface area contributed by atoms with Crippen LogP contribution in [0.5, 0.6) is 0 Å². The summed E-state index contributed by atoms with van der Waals surface area (Å²) in [5.74, 6) is -0.0356. The van der Waals surface area contributed by atoms with Gasteiger partial charge in [-0.15, -0.1) is 11.3 Å². The molecule has 0 unspecified atom stereocenters. The van der Waals surface area contributed by atoms with E-state index in [9.17, 15) is 9.59 Å². The van der Waals surface area contributed by atoms with Crippen LogP contribution in [0.4, 0.5) is 0 Å². The van der Waals surface area contributed by atoms with E-state index in [4.69, 9.17) is 9.72 Å². The second-order valence-electron chi connectivity index (χ2n) is 7.53. The van der Waals surface area contributed by atoms with E-state index in [1.54, 1.807) is 15.9 Å². The highest BCUT2D eigenvalue weighted by atomic mass is 32.2. The van der Waals surface area contributed by atoms with Crippen LogP contribution in [0.3, 0.4) is 0 Å². The molecule has 4 rings (SSSR count). The summed E-state index contributed by atoms with van der Waals surface area (Å²) in [5, 5.41) is 4.13. The molecule has 1 fully saturated rings. The van der Waals surface area contributed by atoms with Crippen LogP contribution in [0.1, 0.15) is 50.0 Å². The maximum absolute atomic E-state index is 13.2. The van der Waals surface area contributed by atoms with Crippen molar-refractivity contribution in [2.45, 2.75) is 75.4 Å². The zero-order chi connectivity index (χ0) is 19.7. The number of thiophene rings is 1. The lowest BCUT2D eigenvalue weighted by molar-refractivity contribution is -0.120. The van der Waals surface area contributed by atoms with Gasteiger partial charge >= 0.3 is 0 Å². The minimum Gasteiger partial charge on any atom is -0.376 e. The average Bonchev–Trinajstić information content (AvgIpc) is 3.39. The van der Waals surface area contributed by atoms with E-state index in [-0.39, 0.29) is 22.8 Å². The van der Waals surface area contributed by atoms with Crippen molar-refractivity contribution in [2.75, 3.05) is 13.2 Å². The smallest absolute Gasteiger partial charge is 0.263 e. The third-order valence-electron chi connectivity index (χ3n) is 5.42. The summed E-state index contributed by atoms with van der Waals surface area (Å²) in [7, 11) is 0. The number of ether oxygens (including phenoxy) is 1. The van der Waals surface area contributed by atoms with Crippen molar-refractivity contribution in [2.24, 2.45) is 0 Å². The molecule has 152 valence electrons. The van der Waals surface area contributed by atoms with Gasteiger partial charge in [-0.3, -0.25) is 14.2 Å². The monoisotopic (exact) mass is 421 g/mol. The van der Waals surface area contributed by atoms with Crippen molar-refractivity contribution < 1.29 is 9.53 Å². The molecule has 1 saturated heterocycles. The molecule has 1 aliphatic heterocycles. The minimum absolute atomic E-state index is 0.0356. The Morgan fingerprint density at radius 1 is 1.43 bits per heavy atom. The number of amides is 1. The number of nitrogens with one attached hydrogen (secondary N) is 1. The number of aromatic nitrogens is 2. The van der Waals surface area contributed by atoms with Crippen LogP contribution in [0.15, 0.2) is 9.95 Å². The fraction of sp³-hybridized carbons (Fsp3) is 0.650. The van der Waals surface area contributed by atoms with Crippen LogP contribution in [-0.2, 0) is 28.9 Å². The van der Waals surface area contributed by atoms with Gasteiger partial charge in [0, 0.05) is 24.6 Å². The van der Waals surface area contributed by atoms with E-state index in [1.807, 2.05) is 6.92 Å². The highest BCUT2D eigenvalue weighted by molar-refractivity contribution is 8.00. The molecule has 0 spiro atoms. The fourth-order valence-electron chi connectivity index (χ4n) is 3.94. The molecule has 6 nitrogen and oxygen atoms in total. The van der Waals surface area contributed by atoms with Gasteiger partial charge in [-0.2, -0.15) is 0 Å². The van der Waals surface area contributed by atoms with Crippen molar-refractivity contribution in [3.63, 3.8) is 0 Å². The molecule has 0 aromatic carbocycles. The second-order valence-corrected chi connectivity index (χ2v) is 9.92. The number of nitrogens with zero attached hydrogens (tertiary/aromatic N) is 2. The molecule has 2 aromatic heterocycles. The SMILES string of the molecule is CCCn1c(S[C@@H](C)C(=O)NC[C@@H]2CCCO2)nc2sc3c(c2c1=O)CCC3. The molecule has 2 aliphatic rings. The molecule has 2 atom stereocenters. The average molecular weight is 422 g/mol. The zero-order valence-electron chi connectivity index (χ0n) is 16.5. The third kappa shape index (κ3) is 3.86. The molecule has 0 saturated carbocycles. The number of hydrogen-bond acceptors (Lipinski definition) is 6. The predicted octanol–water partition coefficient (Wildman–Crippen LogP) is 3.13. The van der Waals surface area contributed by atoms with Crippen molar-refractivity contribution in [1.82, 2.24) is 14.9 Å². The van der Waals surface area contributed by atoms with Crippen molar-refractivity contribution in [3.05, 3.63) is 20.8 Å². The molecule has 1 aliphatic carbocycles. The molecule has 1 N–H and O–H groups in total. The molecule has 0 radical (unpaired) electrons. The van der Waals surface area contributed by atoms with Gasteiger partial charge in [0.25, 0.3) is 5.56 Å². The Bertz CT molecular complexity index is 931. The fourth-order valence-corrected chi connectivity index (χ4v) is 6.21.